The summed E-state index contributed by atoms with van der Waals surface area (Å²) in [5, 5.41) is 12.7. The lowest BCUT2D eigenvalue weighted by molar-refractivity contribution is -0.137. The van der Waals surface area contributed by atoms with Crippen molar-refractivity contribution < 1.29 is 19.4 Å². The molecule has 2 N–H and O–H groups in total. The Morgan fingerprint density at radius 3 is 2.89 bits per heavy atom. The minimum Gasteiger partial charge on any atom is -0.507 e. The second kappa shape index (κ2) is 5.36. The van der Waals surface area contributed by atoms with E-state index >= 15 is 0 Å². The Kier molecular flexibility index (Phi) is 3.99. The number of hydrogen-bond acceptors (Lipinski definition) is 4. The summed E-state index contributed by atoms with van der Waals surface area (Å²) < 4.78 is 11.0. The molecule has 0 bridgehead atoms. The van der Waals surface area contributed by atoms with Crippen molar-refractivity contribution in [3.05, 3.63) is 28.8 Å². The van der Waals surface area contributed by atoms with Crippen molar-refractivity contribution >= 4 is 17.5 Å². The minimum absolute atomic E-state index is 0.145. The first-order valence-corrected chi connectivity index (χ1v) is 6.34. The predicted molar refractivity (Wildman–Crippen MR) is 70.4 cm³/mol. The lowest BCUT2D eigenvalue weighted by atomic mass is 10.2. The van der Waals surface area contributed by atoms with Crippen LogP contribution >= 0.6 is 11.6 Å². The molecule has 2 rings (SSSR count). The molecule has 1 aromatic rings. The fourth-order valence-electron chi connectivity index (χ4n) is 1.86. The Balaban J connectivity index is 1.91. The maximum Gasteiger partial charge on any atom is 0.255 e. The summed E-state index contributed by atoms with van der Waals surface area (Å²) in [6.07, 6.45) is -0.187. The first kappa shape index (κ1) is 14.1. The van der Waals surface area contributed by atoms with Crippen molar-refractivity contribution in [3.8, 4) is 5.75 Å². The normalized spacial score (nSPS) is 21.3. The van der Waals surface area contributed by atoms with Crippen molar-refractivity contribution in [2.45, 2.75) is 25.7 Å². The highest BCUT2D eigenvalue weighted by molar-refractivity contribution is 6.30. The molecule has 1 amide bonds. The fraction of sp³-hybridized carbons (Fsp3) is 0.462. The quantitative estimate of drug-likeness (QED) is 0.890. The zero-order valence-corrected chi connectivity index (χ0v) is 11.5. The molecule has 19 heavy (non-hydrogen) atoms. The molecule has 0 aliphatic carbocycles. The lowest BCUT2D eigenvalue weighted by Crippen LogP contribution is -2.34. The van der Waals surface area contributed by atoms with Crippen LogP contribution in [0.15, 0.2) is 18.2 Å². The van der Waals surface area contributed by atoms with E-state index in [0.717, 1.165) is 0 Å². The Labute approximate surface area is 116 Å². The average molecular weight is 286 g/mol. The molecular weight excluding hydrogens is 270 g/mol. The molecule has 0 aromatic heterocycles. The van der Waals surface area contributed by atoms with Crippen LogP contribution in [0.25, 0.3) is 0 Å². The van der Waals surface area contributed by atoms with E-state index < -0.39 is 5.79 Å². The molecule has 6 heteroatoms. The molecule has 0 radical (unpaired) electrons. The van der Waals surface area contributed by atoms with Crippen molar-refractivity contribution in [2.24, 2.45) is 0 Å². The Hall–Kier alpha value is -1.30. The number of phenolic OH excluding ortho intramolecular Hbond substituents is 1. The highest BCUT2D eigenvalue weighted by atomic mass is 35.5. The largest absolute Gasteiger partial charge is 0.507 e. The van der Waals surface area contributed by atoms with E-state index in [1.807, 2.05) is 13.8 Å². The van der Waals surface area contributed by atoms with Crippen LogP contribution in [0.3, 0.4) is 0 Å². The van der Waals surface area contributed by atoms with Gasteiger partial charge in [-0.3, -0.25) is 4.79 Å². The van der Waals surface area contributed by atoms with Crippen molar-refractivity contribution in [1.82, 2.24) is 5.32 Å². The van der Waals surface area contributed by atoms with E-state index in [9.17, 15) is 9.90 Å². The van der Waals surface area contributed by atoms with E-state index in [2.05, 4.69) is 5.32 Å². The average Bonchev–Trinajstić information content (AvgIpc) is 2.66. The van der Waals surface area contributed by atoms with E-state index in [1.54, 1.807) is 6.07 Å². The maximum absolute atomic E-state index is 11.9. The number of aromatic hydroxyl groups is 1. The number of carbonyl (C=O) groups is 1. The first-order chi connectivity index (χ1) is 8.87. The van der Waals surface area contributed by atoms with Crippen LogP contribution in [-0.4, -0.2) is 36.1 Å². The molecule has 5 nitrogen and oxygen atoms in total. The summed E-state index contributed by atoms with van der Waals surface area (Å²) in [6.45, 7) is 4.39. The van der Waals surface area contributed by atoms with Crippen LogP contribution in [-0.2, 0) is 9.47 Å². The van der Waals surface area contributed by atoms with E-state index in [1.165, 1.54) is 12.1 Å². The Morgan fingerprint density at radius 2 is 2.32 bits per heavy atom. The third-order valence-electron chi connectivity index (χ3n) is 2.76. The standard InChI is InChI=1S/C13H16ClNO4/c1-13(2)18-7-9(19-13)6-15-12(17)10-4-3-8(14)5-11(10)16/h3-5,9,16H,6-7H2,1-2H3,(H,15,17). The SMILES string of the molecule is CC1(C)OCC(CNC(=O)c2ccc(Cl)cc2O)O1. The van der Waals surface area contributed by atoms with Crippen LogP contribution in [0.2, 0.25) is 5.02 Å². The molecule has 1 aliphatic heterocycles. The predicted octanol–water partition coefficient (Wildman–Crippen LogP) is 1.93. The molecule has 1 aliphatic rings. The van der Waals surface area contributed by atoms with Gasteiger partial charge in [-0.25, -0.2) is 0 Å². The van der Waals surface area contributed by atoms with E-state index in [0.29, 0.717) is 18.2 Å². The monoisotopic (exact) mass is 285 g/mol. The van der Waals surface area contributed by atoms with Gasteiger partial charge in [0, 0.05) is 11.6 Å². The molecule has 1 fully saturated rings. The second-order valence-electron chi connectivity index (χ2n) is 4.82. The van der Waals surface area contributed by atoms with Gasteiger partial charge in [-0.2, -0.15) is 0 Å². The van der Waals surface area contributed by atoms with Crippen LogP contribution in [0.1, 0.15) is 24.2 Å². The highest BCUT2D eigenvalue weighted by Crippen LogP contribution is 2.23. The van der Waals surface area contributed by atoms with Gasteiger partial charge in [0.1, 0.15) is 11.9 Å². The third kappa shape index (κ3) is 3.59. The van der Waals surface area contributed by atoms with Crippen LogP contribution < -0.4 is 5.32 Å². The van der Waals surface area contributed by atoms with Crippen LogP contribution in [0, 0.1) is 0 Å². The topological polar surface area (TPSA) is 67.8 Å². The number of hydrogen-bond donors (Lipinski definition) is 2. The van der Waals surface area contributed by atoms with Gasteiger partial charge in [-0.1, -0.05) is 11.6 Å². The van der Waals surface area contributed by atoms with Gasteiger partial charge in [0.25, 0.3) is 5.91 Å². The Bertz CT molecular complexity index is 490. The molecule has 1 heterocycles. The summed E-state index contributed by atoms with van der Waals surface area (Å²) in [4.78, 5) is 11.9. The molecule has 1 atom stereocenters. The number of rotatable bonds is 3. The number of carbonyl (C=O) groups excluding carboxylic acids is 1. The van der Waals surface area contributed by atoms with Crippen LogP contribution in [0.5, 0.6) is 5.75 Å². The fourth-order valence-corrected chi connectivity index (χ4v) is 2.03. The smallest absolute Gasteiger partial charge is 0.255 e. The van der Waals surface area contributed by atoms with Gasteiger partial charge >= 0.3 is 0 Å². The number of ether oxygens (including phenoxy) is 2. The van der Waals surface area contributed by atoms with Gasteiger partial charge in [-0.15, -0.1) is 0 Å². The van der Waals surface area contributed by atoms with Crippen molar-refractivity contribution in [3.63, 3.8) is 0 Å². The second-order valence-corrected chi connectivity index (χ2v) is 5.26. The van der Waals surface area contributed by atoms with Gasteiger partial charge in [0.15, 0.2) is 5.79 Å². The van der Waals surface area contributed by atoms with Crippen LogP contribution in [0.4, 0.5) is 0 Å². The zero-order valence-electron chi connectivity index (χ0n) is 10.8. The maximum atomic E-state index is 11.9. The summed E-state index contributed by atoms with van der Waals surface area (Å²) >= 11 is 5.71. The molecule has 0 spiro atoms. The molecule has 104 valence electrons. The third-order valence-corrected chi connectivity index (χ3v) is 3.00. The zero-order chi connectivity index (χ0) is 14.0. The first-order valence-electron chi connectivity index (χ1n) is 5.96. The number of amides is 1. The number of benzene rings is 1. The molecule has 1 saturated heterocycles. The summed E-state index contributed by atoms with van der Waals surface area (Å²) in [5.41, 5.74) is 0.183. The minimum atomic E-state index is -0.613. The summed E-state index contributed by atoms with van der Waals surface area (Å²) in [5.74, 6) is -1.13. The molecule has 0 saturated carbocycles. The van der Waals surface area contributed by atoms with Gasteiger partial charge in [-0.05, 0) is 32.0 Å². The van der Waals surface area contributed by atoms with Gasteiger partial charge < -0.3 is 19.9 Å². The lowest BCUT2D eigenvalue weighted by Gasteiger charge is -2.17. The molecular formula is C13H16ClNO4. The van der Waals surface area contributed by atoms with E-state index in [4.69, 9.17) is 21.1 Å². The Morgan fingerprint density at radius 1 is 1.58 bits per heavy atom. The van der Waals surface area contributed by atoms with Crippen molar-refractivity contribution in [1.29, 1.82) is 0 Å². The highest BCUT2D eigenvalue weighted by Gasteiger charge is 2.32. The number of halogens is 1. The van der Waals surface area contributed by atoms with Crippen molar-refractivity contribution in [2.75, 3.05) is 13.2 Å². The number of phenols is 1. The summed E-state index contributed by atoms with van der Waals surface area (Å²) in [7, 11) is 0. The summed E-state index contributed by atoms with van der Waals surface area (Å²) in [6, 6.07) is 4.35. The van der Waals surface area contributed by atoms with Gasteiger partial charge in [0.2, 0.25) is 0 Å². The molecule has 1 aromatic carbocycles. The number of nitrogens with one attached hydrogen (secondary N) is 1. The molecule has 1 unspecified atom stereocenters. The van der Waals surface area contributed by atoms with Gasteiger partial charge in [0.05, 0.1) is 12.2 Å². The van der Waals surface area contributed by atoms with E-state index in [-0.39, 0.29) is 23.3 Å².